The summed E-state index contributed by atoms with van der Waals surface area (Å²) in [7, 11) is 1.73. The molecule has 0 amide bonds. The van der Waals surface area contributed by atoms with Crippen molar-refractivity contribution in [2.75, 3.05) is 56.3 Å². The minimum Gasteiger partial charge on any atom is -0.391 e. The van der Waals surface area contributed by atoms with Gasteiger partial charge in [-0.05, 0) is 36.3 Å². The van der Waals surface area contributed by atoms with E-state index in [1.165, 1.54) is 11.3 Å². The highest BCUT2D eigenvalue weighted by atomic mass is 32.1. The highest BCUT2D eigenvalue weighted by molar-refractivity contribution is 7.11. The summed E-state index contributed by atoms with van der Waals surface area (Å²) in [6, 6.07) is 6.36. The summed E-state index contributed by atoms with van der Waals surface area (Å²) in [6.07, 6.45) is 3.73. The van der Waals surface area contributed by atoms with Gasteiger partial charge in [-0.3, -0.25) is 0 Å². The maximum Gasteiger partial charge on any atom is 0.162 e. The standard InChI is InChI=1S/C22H28N6O3S/c1-30-20(22-23-12-17(14-29)32-22)15-3-2-6-28(13-15)21-18-5-4-16(11-19(18)24-26-25-21)27-7-9-31-10-8-27/h4-5,11-12,15,20,29H,2-3,6-10,13-14H2,1H3. The summed E-state index contributed by atoms with van der Waals surface area (Å²) in [5.74, 6) is 1.15. The number of aliphatic hydroxyl groups excluding tert-OH is 1. The fourth-order valence-electron chi connectivity index (χ4n) is 4.68. The van der Waals surface area contributed by atoms with Gasteiger partial charge < -0.3 is 24.4 Å². The Bertz CT molecular complexity index is 1060. The Morgan fingerprint density at radius 2 is 2.09 bits per heavy atom. The molecule has 0 spiro atoms. The van der Waals surface area contributed by atoms with Crippen LogP contribution in [0.2, 0.25) is 0 Å². The van der Waals surface area contributed by atoms with E-state index in [2.05, 4.69) is 48.4 Å². The summed E-state index contributed by atoms with van der Waals surface area (Å²) in [5, 5.41) is 24.2. The van der Waals surface area contributed by atoms with Gasteiger partial charge in [0.05, 0.1) is 24.7 Å². The molecule has 10 heteroatoms. The molecule has 2 atom stereocenters. The van der Waals surface area contributed by atoms with Crippen molar-refractivity contribution in [1.29, 1.82) is 0 Å². The molecule has 0 saturated carbocycles. The van der Waals surface area contributed by atoms with E-state index in [1.807, 2.05) is 0 Å². The minimum absolute atomic E-state index is 0.00985. The van der Waals surface area contributed by atoms with E-state index >= 15 is 0 Å². The molecule has 0 bridgehead atoms. The molecule has 2 aliphatic heterocycles. The van der Waals surface area contributed by atoms with Crippen molar-refractivity contribution >= 4 is 33.7 Å². The molecule has 2 saturated heterocycles. The number of hydrogen-bond donors (Lipinski definition) is 1. The monoisotopic (exact) mass is 456 g/mol. The topological polar surface area (TPSA) is 96.7 Å². The number of hydrogen-bond acceptors (Lipinski definition) is 10. The number of fused-ring (bicyclic) bond motifs is 1. The molecule has 5 rings (SSSR count). The van der Waals surface area contributed by atoms with Crippen LogP contribution < -0.4 is 9.80 Å². The van der Waals surface area contributed by atoms with E-state index in [4.69, 9.17) is 9.47 Å². The van der Waals surface area contributed by atoms with Crippen molar-refractivity contribution < 1.29 is 14.6 Å². The van der Waals surface area contributed by atoms with E-state index in [-0.39, 0.29) is 18.6 Å². The summed E-state index contributed by atoms with van der Waals surface area (Å²) < 4.78 is 11.3. The Morgan fingerprint density at radius 1 is 1.22 bits per heavy atom. The zero-order valence-electron chi connectivity index (χ0n) is 18.2. The van der Waals surface area contributed by atoms with Crippen LogP contribution in [0.25, 0.3) is 10.9 Å². The number of ether oxygens (including phenoxy) is 2. The van der Waals surface area contributed by atoms with Gasteiger partial charge in [0.15, 0.2) is 5.82 Å². The third-order valence-electron chi connectivity index (χ3n) is 6.30. The fraction of sp³-hybridized carbons (Fsp3) is 0.545. The Kier molecular flexibility index (Phi) is 6.44. The molecule has 2 unspecified atom stereocenters. The molecule has 4 heterocycles. The number of methoxy groups -OCH3 is 1. The third-order valence-corrected chi connectivity index (χ3v) is 7.34. The summed E-state index contributed by atoms with van der Waals surface area (Å²) in [4.78, 5) is 9.97. The van der Waals surface area contributed by atoms with Gasteiger partial charge in [-0.25, -0.2) is 4.98 Å². The summed E-state index contributed by atoms with van der Waals surface area (Å²) >= 11 is 1.52. The SMILES string of the molecule is COC(c1ncc(CO)s1)C1CCCN(c2nnnc3cc(N4CCOCC4)ccc23)C1. The Hall–Kier alpha value is -2.40. The number of benzene rings is 1. The first-order valence-electron chi connectivity index (χ1n) is 11.1. The smallest absolute Gasteiger partial charge is 0.162 e. The lowest BCUT2D eigenvalue weighted by Gasteiger charge is -2.36. The average Bonchev–Trinajstić information content (AvgIpc) is 3.33. The highest BCUT2D eigenvalue weighted by Gasteiger charge is 2.32. The molecule has 0 radical (unpaired) electrons. The summed E-state index contributed by atoms with van der Waals surface area (Å²) in [5.41, 5.74) is 2.00. The van der Waals surface area contributed by atoms with Crippen molar-refractivity contribution in [3.8, 4) is 0 Å². The maximum absolute atomic E-state index is 9.40. The lowest BCUT2D eigenvalue weighted by atomic mass is 9.92. The molecule has 1 N–H and O–H groups in total. The second kappa shape index (κ2) is 9.62. The molecule has 3 aromatic rings. The van der Waals surface area contributed by atoms with Crippen LogP contribution in [-0.4, -0.2) is 72.0 Å². The van der Waals surface area contributed by atoms with Gasteiger partial charge in [0, 0.05) is 56.5 Å². The lowest BCUT2D eigenvalue weighted by molar-refractivity contribution is 0.0446. The van der Waals surface area contributed by atoms with Crippen molar-refractivity contribution in [2.24, 2.45) is 5.92 Å². The van der Waals surface area contributed by atoms with Gasteiger partial charge in [-0.1, -0.05) is 0 Å². The molecule has 9 nitrogen and oxygen atoms in total. The van der Waals surface area contributed by atoms with Crippen molar-refractivity contribution in [1.82, 2.24) is 20.4 Å². The first-order valence-corrected chi connectivity index (χ1v) is 11.9. The van der Waals surface area contributed by atoms with Crippen molar-refractivity contribution in [3.63, 3.8) is 0 Å². The lowest BCUT2D eigenvalue weighted by Crippen LogP contribution is -2.39. The van der Waals surface area contributed by atoms with Crippen molar-refractivity contribution in [3.05, 3.63) is 34.3 Å². The molecule has 2 aromatic heterocycles. The number of morpholine rings is 1. The predicted molar refractivity (Wildman–Crippen MR) is 123 cm³/mol. The molecular formula is C22H28N6O3S. The number of aliphatic hydroxyl groups is 1. The second-order valence-electron chi connectivity index (χ2n) is 8.24. The zero-order valence-corrected chi connectivity index (χ0v) is 19.0. The number of aromatic nitrogens is 4. The number of thiazole rings is 1. The van der Waals surface area contributed by atoms with Crippen LogP contribution >= 0.6 is 11.3 Å². The van der Waals surface area contributed by atoms with E-state index in [0.29, 0.717) is 0 Å². The van der Waals surface area contributed by atoms with Crippen LogP contribution in [0.5, 0.6) is 0 Å². The van der Waals surface area contributed by atoms with E-state index in [1.54, 1.807) is 13.3 Å². The van der Waals surface area contributed by atoms with Crippen LogP contribution in [0.4, 0.5) is 11.5 Å². The zero-order chi connectivity index (χ0) is 21.9. The molecule has 2 fully saturated rings. The Morgan fingerprint density at radius 3 is 2.88 bits per heavy atom. The molecular weight excluding hydrogens is 428 g/mol. The first-order chi connectivity index (χ1) is 15.8. The van der Waals surface area contributed by atoms with E-state index in [0.717, 1.165) is 84.5 Å². The van der Waals surface area contributed by atoms with E-state index < -0.39 is 0 Å². The fourth-order valence-corrected chi connectivity index (χ4v) is 5.63. The van der Waals surface area contributed by atoms with E-state index in [9.17, 15) is 5.11 Å². The van der Waals surface area contributed by atoms with Gasteiger partial charge in [0.25, 0.3) is 0 Å². The molecule has 2 aliphatic rings. The molecule has 32 heavy (non-hydrogen) atoms. The first kappa shape index (κ1) is 21.4. The third kappa shape index (κ3) is 4.27. The minimum atomic E-state index is -0.0999. The highest BCUT2D eigenvalue weighted by Crippen LogP contribution is 2.37. The molecule has 170 valence electrons. The molecule has 1 aromatic carbocycles. The largest absolute Gasteiger partial charge is 0.391 e. The van der Waals surface area contributed by atoms with Crippen LogP contribution in [0.1, 0.15) is 28.8 Å². The normalized spacial score (nSPS) is 20.6. The van der Waals surface area contributed by atoms with Crippen LogP contribution in [0.3, 0.4) is 0 Å². The second-order valence-corrected chi connectivity index (χ2v) is 9.39. The van der Waals surface area contributed by atoms with Gasteiger partial charge in [-0.15, -0.1) is 21.5 Å². The number of piperidine rings is 1. The van der Waals surface area contributed by atoms with Crippen LogP contribution in [-0.2, 0) is 16.1 Å². The van der Waals surface area contributed by atoms with Gasteiger partial charge in [0.2, 0.25) is 0 Å². The van der Waals surface area contributed by atoms with Gasteiger partial charge >= 0.3 is 0 Å². The van der Waals surface area contributed by atoms with Gasteiger partial charge in [0.1, 0.15) is 16.6 Å². The van der Waals surface area contributed by atoms with Crippen molar-refractivity contribution in [2.45, 2.75) is 25.6 Å². The Labute approximate surface area is 191 Å². The summed E-state index contributed by atoms with van der Waals surface area (Å²) in [6.45, 7) is 5.02. The quantitative estimate of drug-likeness (QED) is 0.600. The van der Waals surface area contributed by atoms with Gasteiger partial charge in [-0.2, -0.15) is 0 Å². The number of rotatable bonds is 6. The number of nitrogens with zero attached hydrogens (tertiary/aromatic N) is 6. The number of anilines is 2. The maximum atomic E-state index is 9.40. The van der Waals surface area contributed by atoms with Crippen LogP contribution in [0.15, 0.2) is 24.4 Å². The molecule has 0 aliphatic carbocycles. The predicted octanol–water partition coefficient (Wildman–Crippen LogP) is 2.41. The average molecular weight is 457 g/mol. The Balaban J connectivity index is 1.39. The van der Waals surface area contributed by atoms with Crippen LogP contribution in [0, 0.1) is 5.92 Å².